The smallest absolute Gasteiger partial charge is 0.267 e. The summed E-state index contributed by atoms with van der Waals surface area (Å²) in [4.78, 5) is 11.2. The highest BCUT2D eigenvalue weighted by atomic mass is 16.2. The second kappa shape index (κ2) is 2.12. The fourth-order valence-corrected chi connectivity index (χ4v) is 1.40. The Hall–Kier alpha value is -1.25. The molecular weight excluding hydrogens is 140 g/mol. The molecule has 0 fully saturated rings. The first-order chi connectivity index (χ1) is 5.29. The highest BCUT2D eigenvalue weighted by Crippen LogP contribution is 2.14. The standard InChI is InChI=1S/C8H10N2O/c1-6-5-9-8(11)7-3-2-4-10(6)7/h2-4,6H,5H2,1H3,(H,9,11)/t6-/m1/s1. The van der Waals surface area contributed by atoms with Gasteiger partial charge in [0.05, 0.1) is 0 Å². The largest absolute Gasteiger partial charge is 0.349 e. The number of amides is 1. The molecule has 0 aliphatic carbocycles. The van der Waals surface area contributed by atoms with Crippen LogP contribution in [0.3, 0.4) is 0 Å². The van der Waals surface area contributed by atoms with E-state index in [-0.39, 0.29) is 5.91 Å². The maximum atomic E-state index is 11.2. The minimum atomic E-state index is 0.0353. The van der Waals surface area contributed by atoms with Gasteiger partial charge in [-0.15, -0.1) is 0 Å². The van der Waals surface area contributed by atoms with Crippen molar-refractivity contribution in [2.75, 3.05) is 6.54 Å². The Morgan fingerprint density at radius 2 is 2.55 bits per heavy atom. The summed E-state index contributed by atoms with van der Waals surface area (Å²) in [6.07, 6.45) is 1.94. The van der Waals surface area contributed by atoms with Crippen molar-refractivity contribution in [1.82, 2.24) is 9.88 Å². The molecule has 1 amide bonds. The maximum absolute atomic E-state index is 11.2. The zero-order valence-corrected chi connectivity index (χ0v) is 6.37. The van der Waals surface area contributed by atoms with Gasteiger partial charge < -0.3 is 9.88 Å². The van der Waals surface area contributed by atoms with Crippen molar-refractivity contribution in [2.24, 2.45) is 0 Å². The van der Waals surface area contributed by atoms with Crippen LogP contribution in [0.15, 0.2) is 18.3 Å². The highest BCUT2D eigenvalue weighted by Gasteiger charge is 2.19. The van der Waals surface area contributed by atoms with Crippen LogP contribution in [0.25, 0.3) is 0 Å². The molecule has 1 aromatic rings. The lowest BCUT2D eigenvalue weighted by atomic mass is 10.2. The van der Waals surface area contributed by atoms with Gasteiger partial charge in [-0.05, 0) is 19.1 Å². The molecule has 0 spiro atoms. The summed E-state index contributed by atoms with van der Waals surface area (Å²) < 4.78 is 2.00. The van der Waals surface area contributed by atoms with Crippen molar-refractivity contribution in [2.45, 2.75) is 13.0 Å². The van der Waals surface area contributed by atoms with E-state index in [1.54, 1.807) is 0 Å². The Labute approximate surface area is 65.0 Å². The number of nitrogens with zero attached hydrogens (tertiary/aromatic N) is 1. The zero-order chi connectivity index (χ0) is 7.84. The van der Waals surface area contributed by atoms with Gasteiger partial charge in [0.25, 0.3) is 5.91 Å². The Bertz CT molecular complexity index is 290. The van der Waals surface area contributed by atoms with Gasteiger partial charge in [0.2, 0.25) is 0 Å². The number of hydrogen-bond acceptors (Lipinski definition) is 1. The molecule has 58 valence electrons. The first-order valence-corrected chi connectivity index (χ1v) is 3.74. The second-order valence-electron chi connectivity index (χ2n) is 2.86. The van der Waals surface area contributed by atoms with E-state index in [2.05, 4.69) is 12.2 Å². The average Bonchev–Trinajstić information content (AvgIpc) is 2.45. The molecule has 1 aliphatic heterocycles. The van der Waals surface area contributed by atoms with E-state index in [1.165, 1.54) is 0 Å². The molecule has 1 atom stereocenters. The van der Waals surface area contributed by atoms with Crippen molar-refractivity contribution in [3.05, 3.63) is 24.0 Å². The normalized spacial score (nSPS) is 22.6. The van der Waals surface area contributed by atoms with Crippen LogP contribution in [0.5, 0.6) is 0 Å². The lowest BCUT2D eigenvalue weighted by molar-refractivity contribution is 0.0918. The summed E-state index contributed by atoms with van der Waals surface area (Å²) in [6.45, 7) is 2.82. The quantitative estimate of drug-likeness (QED) is 0.583. The van der Waals surface area contributed by atoms with Crippen LogP contribution in [0.1, 0.15) is 23.5 Å². The molecule has 3 heteroatoms. The van der Waals surface area contributed by atoms with Gasteiger partial charge in [0, 0.05) is 18.8 Å². The molecule has 2 rings (SSSR count). The fraction of sp³-hybridized carbons (Fsp3) is 0.375. The number of hydrogen-bond donors (Lipinski definition) is 1. The molecule has 3 nitrogen and oxygen atoms in total. The van der Waals surface area contributed by atoms with Crippen LogP contribution in [0.2, 0.25) is 0 Å². The number of rotatable bonds is 0. The molecule has 11 heavy (non-hydrogen) atoms. The summed E-state index contributed by atoms with van der Waals surface area (Å²) >= 11 is 0. The van der Waals surface area contributed by atoms with Gasteiger partial charge in [0.1, 0.15) is 5.69 Å². The first-order valence-electron chi connectivity index (χ1n) is 3.74. The van der Waals surface area contributed by atoms with Gasteiger partial charge in [0.15, 0.2) is 0 Å². The van der Waals surface area contributed by atoms with E-state index in [0.29, 0.717) is 6.04 Å². The Kier molecular flexibility index (Phi) is 1.24. The highest BCUT2D eigenvalue weighted by molar-refractivity contribution is 5.93. The van der Waals surface area contributed by atoms with E-state index in [0.717, 1.165) is 12.2 Å². The van der Waals surface area contributed by atoms with Crippen LogP contribution in [0.4, 0.5) is 0 Å². The summed E-state index contributed by atoms with van der Waals surface area (Å²) in [5, 5.41) is 2.81. The number of nitrogens with one attached hydrogen (secondary N) is 1. The predicted molar refractivity (Wildman–Crippen MR) is 41.5 cm³/mol. The molecular formula is C8H10N2O. The molecule has 0 saturated carbocycles. The predicted octanol–water partition coefficient (Wildman–Crippen LogP) is 0.792. The Balaban J connectivity index is 2.51. The lowest BCUT2D eigenvalue weighted by Crippen LogP contribution is -2.37. The van der Waals surface area contributed by atoms with E-state index >= 15 is 0 Å². The van der Waals surface area contributed by atoms with Gasteiger partial charge in [-0.1, -0.05) is 0 Å². The minimum Gasteiger partial charge on any atom is -0.349 e. The second-order valence-corrected chi connectivity index (χ2v) is 2.86. The van der Waals surface area contributed by atoms with Gasteiger partial charge in [-0.3, -0.25) is 4.79 Å². The third-order valence-corrected chi connectivity index (χ3v) is 2.04. The third kappa shape index (κ3) is 0.843. The van der Waals surface area contributed by atoms with Crippen molar-refractivity contribution in [1.29, 1.82) is 0 Å². The molecule has 0 unspecified atom stereocenters. The first kappa shape index (κ1) is 6.46. The SMILES string of the molecule is C[C@@H]1CNC(=O)c2cccn21. The third-order valence-electron chi connectivity index (χ3n) is 2.04. The number of fused-ring (bicyclic) bond motifs is 1. The summed E-state index contributed by atoms with van der Waals surface area (Å²) in [6, 6.07) is 4.12. The summed E-state index contributed by atoms with van der Waals surface area (Å²) in [7, 11) is 0. The van der Waals surface area contributed by atoms with E-state index in [1.807, 2.05) is 22.9 Å². The van der Waals surface area contributed by atoms with Gasteiger partial charge in [-0.25, -0.2) is 0 Å². The van der Waals surface area contributed by atoms with Crippen molar-refractivity contribution in [3.8, 4) is 0 Å². The van der Waals surface area contributed by atoms with Crippen LogP contribution in [-0.4, -0.2) is 17.0 Å². The van der Waals surface area contributed by atoms with E-state index < -0.39 is 0 Å². The van der Waals surface area contributed by atoms with Gasteiger partial charge >= 0.3 is 0 Å². The van der Waals surface area contributed by atoms with Crippen molar-refractivity contribution < 1.29 is 4.79 Å². The Morgan fingerprint density at radius 1 is 1.73 bits per heavy atom. The topological polar surface area (TPSA) is 34.0 Å². The van der Waals surface area contributed by atoms with Crippen LogP contribution in [-0.2, 0) is 0 Å². The maximum Gasteiger partial charge on any atom is 0.267 e. The monoisotopic (exact) mass is 150 g/mol. The molecule has 0 saturated heterocycles. The number of aromatic nitrogens is 1. The van der Waals surface area contributed by atoms with Crippen molar-refractivity contribution >= 4 is 5.91 Å². The molecule has 2 heterocycles. The van der Waals surface area contributed by atoms with E-state index in [9.17, 15) is 4.79 Å². The minimum absolute atomic E-state index is 0.0353. The number of carbonyl (C=O) groups excluding carboxylic acids is 1. The van der Waals surface area contributed by atoms with Crippen LogP contribution in [0, 0.1) is 0 Å². The fourth-order valence-electron chi connectivity index (χ4n) is 1.40. The van der Waals surface area contributed by atoms with Gasteiger partial charge in [-0.2, -0.15) is 0 Å². The number of carbonyl (C=O) groups is 1. The Morgan fingerprint density at radius 3 is 3.27 bits per heavy atom. The van der Waals surface area contributed by atoms with Crippen molar-refractivity contribution in [3.63, 3.8) is 0 Å². The molecule has 1 aliphatic rings. The molecule has 1 N–H and O–H groups in total. The van der Waals surface area contributed by atoms with Crippen LogP contribution < -0.4 is 5.32 Å². The zero-order valence-electron chi connectivity index (χ0n) is 6.37. The molecule has 1 aromatic heterocycles. The lowest BCUT2D eigenvalue weighted by Gasteiger charge is -2.22. The van der Waals surface area contributed by atoms with E-state index in [4.69, 9.17) is 0 Å². The van der Waals surface area contributed by atoms with Crippen LogP contribution >= 0.6 is 0 Å². The summed E-state index contributed by atoms with van der Waals surface area (Å²) in [5.41, 5.74) is 0.767. The molecule has 0 aromatic carbocycles. The average molecular weight is 150 g/mol. The molecule has 0 bridgehead atoms. The summed E-state index contributed by atoms with van der Waals surface area (Å²) in [5.74, 6) is 0.0353. The molecule has 0 radical (unpaired) electrons.